The summed E-state index contributed by atoms with van der Waals surface area (Å²) in [6.45, 7) is 0. The van der Waals surface area contributed by atoms with Gasteiger partial charge in [-0.2, -0.15) is 0 Å². The minimum Gasteiger partial charge on any atom is -0.497 e. The molecule has 4 aromatic carbocycles. The van der Waals surface area contributed by atoms with Crippen molar-refractivity contribution >= 4 is 33.6 Å². The summed E-state index contributed by atoms with van der Waals surface area (Å²) in [4.78, 5) is 0. The van der Waals surface area contributed by atoms with E-state index in [1.54, 1.807) is 28.4 Å². The van der Waals surface area contributed by atoms with E-state index in [2.05, 4.69) is 18.2 Å². The first-order valence-corrected chi connectivity index (χ1v) is 14.3. The molecule has 0 spiro atoms. The van der Waals surface area contributed by atoms with Crippen LogP contribution in [-0.4, -0.2) is 28.4 Å². The highest BCUT2D eigenvalue weighted by atomic mass is 35.7. The van der Waals surface area contributed by atoms with Gasteiger partial charge in [-0.3, -0.25) is 0 Å². The molecule has 0 unspecified atom stereocenters. The lowest BCUT2D eigenvalue weighted by molar-refractivity contribution is -2.00. The number of hydrogen-bond donors (Lipinski definition) is 0. The summed E-state index contributed by atoms with van der Waals surface area (Å²) in [5, 5.41) is 1.95. The maximum absolute atomic E-state index is 8.49. The van der Waals surface area contributed by atoms with Crippen LogP contribution in [-0.2, 0) is 0 Å². The Hall–Kier alpha value is -4.84. The second-order valence-corrected chi connectivity index (χ2v) is 10.1. The third-order valence-electron chi connectivity index (χ3n) is 6.88. The Morgan fingerprint density at radius 3 is 1.45 bits per heavy atom. The van der Waals surface area contributed by atoms with E-state index >= 15 is 0 Å². The Labute approximate surface area is 254 Å². The summed E-state index contributed by atoms with van der Waals surface area (Å²) in [5.41, 5.74) is 5.47. The SMILES string of the molecule is COc1ccc2c(c1)Oc1cc(OC)ccc1C2=C/C=C/c1c2ccc(OC)cc2[o+]c2cc(OC)ccc12.[O-][Cl+3]([O-])([O-])[O-]. The summed E-state index contributed by atoms with van der Waals surface area (Å²) in [5.74, 6) is 4.36. The number of halogens is 1. The number of rotatable bonds is 6. The number of hydrogen-bond acceptors (Lipinski definition) is 9. The van der Waals surface area contributed by atoms with E-state index in [4.69, 9.17) is 46.7 Å². The van der Waals surface area contributed by atoms with Gasteiger partial charge in [-0.15, -0.1) is 10.2 Å². The van der Waals surface area contributed by atoms with Crippen molar-refractivity contribution in [1.82, 2.24) is 0 Å². The van der Waals surface area contributed by atoms with Crippen molar-refractivity contribution in [3.05, 3.63) is 102 Å². The van der Waals surface area contributed by atoms with Gasteiger partial charge in [0.1, 0.15) is 34.5 Å². The first-order chi connectivity index (χ1) is 21.1. The lowest BCUT2D eigenvalue weighted by Gasteiger charge is -2.23. The number of allylic oxidation sites excluding steroid dienone is 2. The van der Waals surface area contributed by atoms with Crippen LogP contribution in [0.4, 0.5) is 0 Å². The van der Waals surface area contributed by atoms with Crippen LogP contribution in [0.15, 0.2) is 89.4 Å². The summed E-state index contributed by atoms with van der Waals surface area (Å²) < 4.78 is 68.2. The molecule has 0 bridgehead atoms. The molecular weight excluding hydrogens is 592 g/mol. The van der Waals surface area contributed by atoms with E-state index in [9.17, 15) is 0 Å². The smallest absolute Gasteiger partial charge is 0.365 e. The minimum atomic E-state index is -4.94. The highest BCUT2D eigenvalue weighted by Gasteiger charge is 2.23. The molecule has 0 aliphatic carbocycles. The molecule has 0 radical (unpaired) electrons. The first-order valence-electron chi connectivity index (χ1n) is 13.1. The maximum Gasteiger partial charge on any atom is 0.365 e. The second-order valence-electron chi connectivity index (χ2n) is 9.38. The topological polar surface area (TPSA) is 150 Å². The van der Waals surface area contributed by atoms with Crippen LogP contribution in [0.1, 0.15) is 16.7 Å². The molecule has 10 nitrogen and oxygen atoms in total. The highest BCUT2D eigenvalue weighted by molar-refractivity contribution is 6.02. The summed E-state index contributed by atoms with van der Waals surface area (Å²) in [6, 6.07) is 23.4. The molecule has 226 valence electrons. The lowest BCUT2D eigenvalue weighted by Crippen LogP contribution is -2.68. The van der Waals surface area contributed by atoms with Crippen LogP contribution in [0, 0.1) is 10.2 Å². The van der Waals surface area contributed by atoms with Crippen molar-refractivity contribution in [3.63, 3.8) is 0 Å². The molecule has 1 aliphatic heterocycles. The van der Waals surface area contributed by atoms with Gasteiger partial charge >= 0.3 is 11.2 Å². The van der Waals surface area contributed by atoms with E-state index in [1.165, 1.54) is 0 Å². The van der Waals surface area contributed by atoms with Crippen LogP contribution >= 0.6 is 0 Å². The van der Waals surface area contributed by atoms with E-state index in [0.29, 0.717) is 0 Å². The van der Waals surface area contributed by atoms with Crippen molar-refractivity contribution < 1.29 is 57.0 Å². The Kier molecular flexibility index (Phi) is 8.91. The third-order valence-corrected chi connectivity index (χ3v) is 6.88. The van der Waals surface area contributed by atoms with Crippen LogP contribution in [0.25, 0.3) is 33.6 Å². The van der Waals surface area contributed by atoms with Gasteiger partial charge in [0.2, 0.25) is 0 Å². The molecule has 2 heterocycles. The molecule has 1 aliphatic rings. The van der Waals surface area contributed by atoms with Gasteiger partial charge in [-0.1, -0.05) is 18.2 Å². The van der Waals surface area contributed by atoms with Crippen molar-refractivity contribution in [2.45, 2.75) is 0 Å². The zero-order valence-electron chi connectivity index (χ0n) is 24.1. The molecule has 5 aromatic rings. The van der Waals surface area contributed by atoms with Crippen LogP contribution in [0.2, 0.25) is 0 Å². The standard InChI is InChI=1S/C33H27O6.ClHO4/c1-34-20-8-12-26-24(27-13-9-21(35-2)17-31(27)38-30(26)16-20)6-5-7-25-28-14-10-22(36-3)18-32(28)39-33-19-23(37-4)11-15-29(25)33;2-1(3,4)5/h5-19H,1-4H3;(H,2,3,4,5)/q+1;/p-1. The van der Waals surface area contributed by atoms with E-state index < -0.39 is 10.2 Å². The van der Waals surface area contributed by atoms with E-state index in [0.717, 1.165) is 78.7 Å². The lowest BCUT2D eigenvalue weighted by atomic mass is 9.93. The van der Waals surface area contributed by atoms with Gasteiger partial charge < -0.3 is 23.7 Å². The Balaban J connectivity index is 0.000000712. The Bertz CT molecular complexity index is 1770. The largest absolute Gasteiger partial charge is 0.497 e. The molecule has 0 atom stereocenters. The number of fused-ring (bicyclic) bond motifs is 4. The van der Waals surface area contributed by atoms with E-state index in [-0.39, 0.29) is 0 Å². The summed E-state index contributed by atoms with van der Waals surface area (Å²) in [7, 11) is 1.64. The zero-order valence-corrected chi connectivity index (χ0v) is 24.9. The van der Waals surface area contributed by atoms with Gasteiger partial charge in [0.15, 0.2) is 0 Å². The van der Waals surface area contributed by atoms with Crippen molar-refractivity contribution in [1.29, 1.82) is 0 Å². The van der Waals surface area contributed by atoms with Gasteiger partial charge in [0.25, 0.3) is 0 Å². The Morgan fingerprint density at radius 1 is 0.614 bits per heavy atom. The summed E-state index contributed by atoms with van der Waals surface area (Å²) >= 11 is 0. The highest BCUT2D eigenvalue weighted by Crippen LogP contribution is 2.46. The maximum atomic E-state index is 8.49. The molecule has 0 saturated carbocycles. The predicted octanol–water partition coefficient (Wildman–Crippen LogP) is 3.40. The van der Waals surface area contributed by atoms with Crippen LogP contribution < -0.4 is 42.3 Å². The molecule has 0 amide bonds. The minimum absolute atomic E-state index is 0.725. The van der Waals surface area contributed by atoms with Crippen LogP contribution in [0.3, 0.4) is 0 Å². The second kappa shape index (κ2) is 12.8. The fourth-order valence-electron chi connectivity index (χ4n) is 4.87. The fourth-order valence-corrected chi connectivity index (χ4v) is 4.87. The summed E-state index contributed by atoms with van der Waals surface area (Å²) in [6.07, 6.45) is 6.27. The van der Waals surface area contributed by atoms with E-state index in [1.807, 2.05) is 72.8 Å². The number of methoxy groups -OCH3 is 4. The number of ether oxygens (including phenoxy) is 5. The number of benzene rings is 4. The molecule has 0 N–H and O–H groups in total. The first kappa shape index (κ1) is 30.6. The normalized spacial score (nSPS) is 12.1. The van der Waals surface area contributed by atoms with Gasteiger partial charge in [-0.25, -0.2) is 23.1 Å². The Morgan fingerprint density at radius 2 is 1.02 bits per heavy atom. The van der Waals surface area contributed by atoms with Crippen molar-refractivity contribution in [2.24, 2.45) is 0 Å². The third kappa shape index (κ3) is 6.70. The monoisotopic (exact) mass is 618 g/mol. The van der Waals surface area contributed by atoms with Crippen molar-refractivity contribution in [3.8, 4) is 34.5 Å². The van der Waals surface area contributed by atoms with Gasteiger partial charge in [0, 0.05) is 28.8 Å². The predicted molar refractivity (Wildman–Crippen MR) is 153 cm³/mol. The molecule has 6 rings (SSSR count). The zero-order chi connectivity index (χ0) is 31.4. The molecule has 1 aromatic heterocycles. The molecular formula is C33H27ClO10. The van der Waals surface area contributed by atoms with Crippen LogP contribution in [0.5, 0.6) is 34.5 Å². The fraction of sp³-hybridized carbons (Fsp3) is 0.121. The molecule has 44 heavy (non-hydrogen) atoms. The molecule has 0 fully saturated rings. The molecule has 11 heteroatoms. The average molecular weight is 619 g/mol. The van der Waals surface area contributed by atoms with Gasteiger partial charge in [-0.05, 0) is 54.1 Å². The van der Waals surface area contributed by atoms with Gasteiger partial charge in [0.05, 0.1) is 51.3 Å². The quantitative estimate of drug-likeness (QED) is 0.201. The van der Waals surface area contributed by atoms with Crippen molar-refractivity contribution in [2.75, 3.05) is 28.4 Å². The molecule has 0 saturated heterocycles. The average Bonchev–Trinajstić information content (AvgIpc) is 3.01.